The van der Waals surface area contributed by atoms with Gasteiger partial charge in [0, 0.05) is 19.0 Å². The zero-order valence-electron chi connectivity index (χ0n) is 11.9. The Morgan fingerprint density at radius 2 is 2.19 bits per heavy atom. The molecule has 4 nitrogen and oxygen atoms in total. The molecular formula is C15H17F2NO3. The molecular weight excluding hydrogens is 280 g/mol. The van der Waals surface area contributed by atoms with Crippen LogP contribution in [0, 0.1) is 11.8 Å². The molecule has 0 unspecified atom stereocenters. The minimum absolute atomic E-state index is 0.0644. The van der Waals surface area contributed by atoms with Crippen molar-refractivity contribution >= 4 is 5.91 Å². The molecule has 0 aliphatic carbocycles. The Hall–Kier alpha value is -2.13. The SMILES string of the molecule is COc1ccc(C(=O)N(C)CC(F)F)cc1C#CCCO. The van der Waals surface area contributed by atoms with Gasteiger partial charge in [0.1, 0.15) is 5.75 Å². The van der Waals surface area contributed by atoms with Gasteiger partial charge in [-0.2, -0.15) is 0 Å². The standard InChI is InChI=1S/C15H17F2NO3/c1-18(10-14(16)17)15(20)12-6-7-13(21-2)11(9-12)5-3-4-8-19/h6-7,9,14,19H,4,8,10H2,1-2H3. The zero-order valence-corrected chi connectivity index (χ0v) is 11.9. The second kappa shape index (κ2) is 8.22. The van der Waals surface area contributed by atoms with Crippen LogP contribution in [0.3, 0.4) is 0 Å². The molecule has 114 valence electrons. The van der Waals surface area contributed by atoms with Gasteiger partial charge in [0.15, 0.2) is 0 Å². The highest BCUT2D eigenvalue weighted by molar-refractivity contribution is 5.94. The van der Waals surface area contributed by atoms with E-state index in [-0.39, 0.29) is 12.2 Å². The predicted molar refractivity (Wildman–Crippen MR) is 74.5 cm³/mol. The van der Waals surface area contributed by atoms with Crippen molar-refractivity contribution in [2.24, 2.45) is 0 Å². The topological polar surface area (TPSA) is 49.8 Å². The summed E-state index contributed by atoms with van der Waals surface area (Å²) in [4.78, 5) is 13.0. The van der Waals surface area contributed by atoms with Crippen molar-refractivity contribution in [3.8, 4) is 17.6 Å². The van der Waals surface area contributed by atoms with Crippen LogP contribution in [0.1, 0.15) is 22.3 Å². The quantitative estimate of drug-likeness (QED) is 0.843. The van der Waals surface area contributed by atoms with Crippen LogP contribution in [0.25, 0.3) is 0 Å². The molecule has 0 atom stereocenters. The molecule has 21 heavy (non-hydrogen) atoms. The maximum absolute atomic E-state index is 12.3. The lowest BCUT2D eigenvalue weighted by Gasteiger charge is -2.17. The summed E-state index contributed by atoms with van der Waals surface area (Å²) in [5.41, 5.74) is 0.731. The van der Waals surface area contributed by atoms with E-state index in [0.717, 1.165) is 4.90 Å². The van der Waals surface area contributed by atoms with E-state index in [9.17, 15) is 13.6 Å². The van der Waals surface area contributed by atoms with Gasteiger partial charge in [-0.1, -0.05) is 11.8 Å². The molecule has 0 saturated carbocycles. The van der Waals surface area contributed by atoms with Crippen molar-refractivity contribution < 1.29 is 23.4 Å². The summed E-state index contributed by atoms with van der Waals surface area (Å²) in [6, 6.07) is 4.56. The molecule has 6 heteroatoms. The van der Waals surface area contributed by atoms with Gasteiger partial charge in [0.25, 0.3) is 12.3 Å². The van der Waals surface area contributed by atoms with E-state index in [1.54, 1.807) is 6.07 Å². The van der Waals surface area contributed by atoms with Crippen LogP contribution < -0.4 is 4.74 Å². The first-order valence-corrected chi connectivity index (χ1v) is 6.31. The number of benzene rings is 1. The normalized spacial score (nSPS) is 10.0. The third-order valence-corrected chi connectivity index (χ3v) is 2.66. The van der Waals surface area contributed by atoms with Crippen molar-refractivity contribution in [3.63, 3.8) is 0 Å². The average Bonchev–Trinajstić information content (AvgIpc) is 2.46. The molecule has 0 heterocycles. The monoisotopic (exact) mass is 297 g/mol. The molecule has 0 bridgehead atoms. The number of aliphatic hydroxyl groups is 1. The summed E-state index contributed by atoms with van der Waals surface area (Å²) in [5, 5.41) is 8.70. The highest BCUT2D eigenvalue weighted by Gasteiger charge is 2.17. The number of halogens is 2. The van der Waals surface area contributed by atoms with Crippen molar-refractivity contribution in [1.29, 1.82) is 0 Å². The van der Waals surface area contributed by atoms with E-state index in [4.69, 9.17) is 9.84 Å². The van der Waals surface area contributed by atoms with Crippen LogP contribution in [0.4, 0.5) is 8.78 Å². The summed E-state index contributed by atoms with van der Waals surface area (Å²) in [6.45, 7) is -0.693. The molecule has 0 saturated heterocycles. The minimum atomic E-state index is -2.58. The van der Waals surface area contributed by atoms with Gasteiger partial charge in [-0.25, -0.2) is 8.78 Å². The highest BCUT2D eigenvalue weighted by atomic mass is 19.3. The summed E-state index contributed by atoms with van der Waals surface area (Å²) < 4.78 is 29.7. The van der Waals surface area contributed by atoms with Gasteiger partial charge in [0.2, 0.25) is 0 Å². The average molecular weight is 297 g/mol. The van der Waals surface area contributed by atoms with Gasteiger partial charge in [-0.3, -0.25) is 4.79 Å². The third-order valence-electron chi connectivity index (χ3n) is 2.66. The first-order valence-electron chi connectivity index (χ1n) is 6.31. The Kier molecular flexibility index (Phi) is 6.63. The number of aliphatic hydroxyl groups excluding tert-OH is 1. The Balaban J connectivity index is 3.02. The lowest BCUT2D eigenvalue weighted by molar-refractivity contribution is 0.0620. The molecule has 0 fully saturated rings. The molecule has 0 radical (unpaired) electrons. The van der Waals surface area contributed by atoms with Gasteiger partial charge in [-0.15, -0.1) is 0 Å². The molecule has 1 rings (SSSR count). The summed E-state index contributed by atoms with van der Waals surface area (Å²) >= 11 is 0. The maximum atomic E-state index is 12.3. The summed E-state index contributed by atoms with van der Waals surface area (Å²) in [5.74, 6) is 5.48. The van der Waals surface area contributed by atoms with Crippen LogP contribution in [0.2, 0.25) is 0 Å². The molecule has 1 amide bonds. The Morgan fingerprint density at radius 1 is 1.48 bits per heavy atom. The van der Waals surface area contributed by atoms with Crippen molar-refractivity contribution in [3.05, 3.63) is 29.3 Å². The Labute approximate surface area is 122 Å². The summed E-state index contributed by atoms with van der Waals surface area (Å²) in [6.07, 6.45) is -2.28. The predicted octanol–water partition coefficient (Wildman–Crippen LogP) is 1.77. The van der Waals surface area contributed by atoms with E-state index in [1.807, 2.05) is 0 Å². The fraction of sp³-hybridized carbons (Fsp3) is 0.400. The molecule has 1 aromatic carbocycles. The number of ether oxygens (including phenoxy) is 1. The van der Waals surface area contributed by atoms with Crippen molar-refractivity contribution in [1.82, 2.24) is 4.90 Å². The van der Waals surface area contributed by atoms with Crippen molar-refractivity contribution in [2.45, 2.75) is 12.8 Å². The number of methoxy groups -OCH3 is 1. The lowest BCUT2D eigenvalue weighted by atomic mass is 10.1. The van der Waals surface area contributed by atoms with Gasteiger partial charge < -0.3 is 14.7 Å². The largest absolute Gasteiger partial charge is 0.495 e. The molecule has 0 aliphatic rings. The zero-order chi connectivity index (χ0) is 15.8. The number of carbonyl (C=O) groups excluding carboxylic acids is 1. The number of hydrogen-bond donors (Lipinski definition) is 1. The van der Waals surface area contributed by atoms with E-state index >= 15 is 0 Å². The number of rotatable bonds is 5. The molecule has 0 aromatic heterocycles. The molecule has 0 aliphatic heterocycles. The van der Waals surface area contributed by atoms with Crippen LogP contribution in [0.5, 0.6) is 5.75 Å². The smallest absolute Gasteiger partial charge is 0.255 e. The van der Waals surface area contributed by atoms with E-state index in [0.29, 0.717) is 17.7 Å². The minimum Gasteiger partial charge on any atom is -0.495 e. The Bertz CT molecular complexity index is 550. The maximum Gasteiger partial charge on any atom is 0.255 e. The van der Waals surface area contributed by atoms with Crippen LogP contribution in [-0.2, 0) is 0 Å². The van der Waals surface area contributed by atoms with Crippen molar-refractivity contribution in [2.75, 3.05) is 27.3 Å². The molecule has 0 spiro atoms. The van der Waals surface area contributed by atoms with Crippen LogP contribution in [0.15, 0.2) is 18.2 Å². The Morgan fingerprint density at radius 3 is 2.76 bits per heavy atom. The second-order valence-electron chi connectivity index (χ2n) is 4.27. The number of carbonyl (C=O) groups is 1. The number of amides is 1. The first-order chi connectivity index (χ1) is 9.99. The van der Waals surface area contributed by atoms with Gasteiger partial charge in [0.05, 0.1) is 25.8 Å². The van der Waals surface area contributed by atoms with Crippen LogP contribution in [-0.4, -0.2) is 49.6 Å². The fourth-order valence-electron chi connectivity index (χ4n) is 1.66. The number of alkyl halides is 2. The fourth-order valence-corrected chi connectivity index (χ4v) is 1.66. The number of hydrogen-bond acceptors (Lipinski definition) is 3. The second-order valence-corrected chi connectivity index (χ2v) is 4.27. The highest BCUT2D eigenvalue weighted by Crippen LogP contribution is 2.20. The molecule has 1 N–H and O–H groups in total. The molecule has 1 aromatic rings. The first kappa shape index (κ1) is 16.9. The number of nitrogens with zero attached hydrogens (tertiary/aromatic N) is 1. The van der Waals surface area contributed by atoms with E-state index in [2.05, 4.69) is 11.8 Å². The van der Waals surface area contributed by atoms with Gasteiger partial charge >= 0.3 is 0 Å². The van der Waals surface area contributed by atoms with E-state index < -0.39 is 18.9 Å². The third kappa shape index (κ3) is 5.04. The van der Waals surface area contributed by atoms with E-state index in [1.165, 1.54) is 26.3 Å². The van der Waals surface area contributed by atoms with Gasteiger partial charge in [-0.05, 0) is 18.2 Å². The summed E-state index contributed by atoms with van der Waals surface area (Å²) in [7, 11) is 2.78. The lowest BCUT2D eigenvalue weighted by Crippen LogP contribution is -2.31. The van der Waals surface area contributed by atoms with Crippen LogP contribution >= 0.6 is 0 Å².